The third kappa shape index (κ3) is 2.60. The van der Waals surface area contributed by atoms with Gasteiger partial charge in [0.2, 0.25) is 0 Å². The average Bonchev–Trinajstić information content (AvgIpc) is 3.06. The summed E-state index contributed by atoms with van der Waals surface area (Å²) in [5, 5.41) is 4.88. The Labute approximate surface area is 133 Å². The van der Waals surface area contributed by atoms with Gasteiger partial charge in [0.25, 0.3) is 0 Å². The molecule has 0 saturated heterocycles. The first-order valence-corrected chi connectivity index (χ1v) is 7.45. The van der Waals surface area contributed by atoms with Crippen LogP contribution in [0.25, 0.3) is 22.6 Å². The van der Waals surface area contributed by atoms with E-state index in [0.717, 1.165) is 34.1 Å². The number of nitrogens with one attached hydrogen (secondary N) is 1. The van der Waals surface area contributed by atoms with Crippen molar-refractivity contribution in [3.05, 3.63) is 41.3 Å². The zero-order valence-electron chi connectivity index (χ0n) is 12.7. The van der Waals surface area contributed by atoms with Crippen LogP contribution in [0.5, 0.6) is 5.75 Å². The second-order valence-electron chi connectivity index (χ2n) is 4.98. The first-order valence-electron chi connectivity index (χ1n) is 7.08. The Kier molecular flexibility index (Phi) is 3.90. The first kappa shape index (κ1) is 14.7. The fraction of sp³-hybridized carbons (Fsp3) is 0.250. The molecular weight excluding hydrogens is 300 g/mol. The Bertz CT molecular complexity index is 789. The van der Waals surface area contributed by atoms with Crippen molar-refractivity contribution in [3.8, 4) is 28.4 Å². The van der Waals surface area contributed by atoms with Crippen molar-refractivity contribution in [2.75, 3.05) is 6.61 Å². The van der Waals surface area contributed by atoms with E-state index in [1.807, 2.05) is 45.2 Å². The predicted octanol–water partition coefficient (Wildman–Crippen LogP) is 3.84. The maximum Gasteiger partial charge on any atom is 0.142 e. The van der Waals surface area contributed by atoms with Crippen LogP contribution in [0.2, 0.25) is 5.15 Å². The van der Waals surface area contributed by atoms with Crippen LogP contribution < -0.4 is 4.74 Å². The number of nitrogens with zero attached hydrogens (tertiary/aromatic N) is 3. The van der Waals surface area contributed by atoms with E-state index in [9.17, 15) is 0 Å². The summed E-state index contributed by atoms with van der Waals surface area (Å²) in [4.78, 5) is 7.73. The number of halogens is 1. The number of aromatic amines is 1. The molecule has 1 aromatic carbocycles. The molecule has 0 atom stereocenters. The summed E-state index contributed by atoms with van der Waals surface area (Å²) in [6, 6.07) is 7.89. The standard InChI is InChI=1S/C16H17ClN4O/c1-4-22-12-7-5-11(6-8-12)13-9-18-16(19-13)14-10(2)20-21(3)15(14)17/h5-9H,4H2,1-3H3,(H,18,19). The fourth-order valence-electron chi connectivity index (χ4n) is 2.39. The summed E-state index contributed by atoms with van der Waals surface area (Å²) in [6.45, 7) is 4.54. The Morgan fingerprint density at radius 2 is 2.00 bits per heavy atom. The van der Waals surface area contributed by atoms with Gasteiger partial charge in [0.05, 0.1) is 29.8 Å². The highest BCUT2D eigenvalue weighted by molar-refractivity contribution is 6.32. The summed E-state index contributed by atoms with van der Waals surface area (Å²) in [5.41, 5.74) is 3.65. The molecule has 0 bridgehead atoms. The van der Waals surface area contributed by atoms with Gasteiger partial charge in [0, 0.05) is 7.05 Å². The number of H-pyrrole nitrogens is 1. The third-order valence-corrected chi connectivity index (χ3v) is 3.87. The number of ether oxygens (including phenoxy) is 1. The van der Waals surface area contributed by atoms with Gasteiger partial charge in [-0.05, 0) is 43.7 Å². The summed E-state index contributed by atoms with van der Waals surface area (Å²) in [6.07, 6.45) is 1.80. The van der Waals surface area contributed by atoms with Gasteiger partial charge >= 0.3 is 0 Å². The van der Waals surface area contributed by atoms with Gasteiger partial charge in [0.15, 0.2) is 0 Å². The third-order valence-electron chi connectivity index (χ3n) is 3.44. The Hall–Kier alpha value is -2.27. The van der Waals surface area contributed by atoms with Crippen LogP contribution in [0, 0.1) is 6.92 Å². The highest BCUT2D eigenvalue weighted by Crippen LogP contribution is 2.30. The van der Waals surface area contributed by atoms with Gasteiger partial charge < -0.3 is 9.72 Å². The molecule has 2 aromatic heterocycles. The molecule has 2 heterocycles. The largest absolute Gasteiger partial charge is 0.494 e. The lowest BCUT2D eigenvalue weighted by Crippen LogP contribution is -1.90. The van der Waals surface area contributed by atoms with Crippen molar-refractivity contribution in [1.82, 2.24) is 19.7 Å². The van der Waals surface area contributed by atoms with E-state index in [0.29, 0.717) is 11.8 Å². The summed E-state index contributed by atoms with van der Waals surface area (Å²) < 4.78 is 7.10. The maximum absolute atomic E-state index is 6.28. The van der Waals surface area contributed by atoms with Gasteiger partial charge in [-0.3, -0.25) is 4.68 Å². The van der Waals surface area contributed by atoms with Crippen molar-refractivity contribution < 1.29 is 4.74 Å². The van der Waals surface area contributed by atoms with Gasteiger partial charge in [0.1, 0.15) is 16.7 Å². The SMILES string of the molecule is CCOc1ccc(-c2cnc(-c3c(C)nn(C)c3Cl)[nH]2)cc1. The average molecular weight is 317 g/mol. The van der Waals surface area contributed by atoms with Crippen LogP contribution in [-0.4, -0.2) is 26.4 Å². The number of rotatable bonds is 4. The molecule has 3 rings (SSSR count). The van der Waals surface area contributed by atoms with E-state index in [-0.39, 0.29) is 0 Å². The van der Waals surface area contributed by atoms with Crippen molar-refractivity contribution in [3.63, 3.8) is 0 Å². The van der Waals surface area contributed by atoms with Crippen LogP contribution in [0.15, 0.2) is 30.5 Å². The molecule has 0 radical (unpaired) electrons. The fourth-order valence-corrected chi connectivity index (χ4v) is 2.66. The second kappa shape index (κ2) is 5.85. The molecule has 114 valence electrons. The van der Waals surface area contributed by atoms with E-state index in [1.165, 1.54) is 0 Å². The van der Waals surface area contributed by atoms with Gasteiger partial charge in [-0.2, -0.15) is 5.10 Å². The molecule has 0 unspecified atom stereocenters. The monoisotopic (exact) mass is 316 g/mol. The molecule has 6 heteroatoms. The summed E-state index contributed by atoms with van der Waals surface area (Å²) >= 11 is 6.28. The van der Waals surface area contributed by atoms with E-state index >= 15 is 0 Å². The van der Waals surface area contributed by atoms with E-state index < -0.39 is 0 Å². The summed E-state index contributed by atoms with van der Waals surface area (Å²) in [5.74, 6) is 1.58. The number of aromatic nitrogens is 4. The minimum atomic E-state index is 0.574. The van der Waals surface area contributed by atoms with Crippen molar-refractivity contribution in [1.29, 1.82) is 0 Å². The van der Waals surface area contributed by atoms with Crippen LogP contribution >= 0.6 is 11.6 Å². The van der Waals surface area contributed by atoms with E-state index in [4.69, 9.17) is 16.3 Å². The Morgan fingerprint density at radius 3 is 2.59 bits per heavy atom. The highest BCUT2D eigenvalue weighted by atomic mass is 35.5. The summed E-state index contributed by atoms with van der Waals surface area (Å²) in [7, 11) is 1.81. The quantitative estimate of drug-likeness (QED) is 0.795. The van der Waals surface area contributed by atoms with Crippen molar-refractivity contribution >= 4 is 11.6 Å². The molecule has 1 N–H and O–H groups in total. The molecule has 0 aliphatic carbocycles. The Morgan fingerprint density at radius 1 is 1.27 bits per heavy atom. The lowest BCUT2D eigenvalue weighted by atomic mass is 10.1. The number of imidazole rings is 1. The van der Waals surface area contributed by atoms with Crippen molar-refractivity contribution in [2.45, 2.75) is 13.8 Å². The van der Waals surface area contributed by atoms with Crippen LogP contribution in [0.3, 0.4) is 0 Å². The Balaban J connectivity index is 1.93. The molecular formula is C16H17ClN4O. The molecule has 3 aromatic rings. The van der Waals surface area contributed by atoms with Gasteiger partial charge in [-0.25, -0.2) is 4.98 Å². The van der Waals surface area contributed by atoms with Crippen molar-refractivity contribution in [2.24, 2.45) is 7.05 Å². The molecule has 0 spiro atoms. The molecule has 22 heavy (non-hydrogen) atoms. The molecule has 5 nitrogen and oxygen atoms in total. The van der Waals surface area contributed by atoms with E-state index in [2.05, 4.69) is 15.1 Å². The minimum absolute atomic E-state index is 0.574. The van der Waals surface area contributed by atoms with Crippen LogP contribution in [0.4, 0.5) is 0 Å². The molecule has 0 aliphatic rings. The van der Waals surface area contributed by atoms with Gasteiger partial charge in [-0.15, -0.1) is 0 Å². The zero-order valence-corrected chi connectivity index (χ0v) is 13.5. The molecule has 0 fully saturated rings. The molecule has 0 saturated carbocycles. The van der Waals surface area contributed by atoms with Crippen LogP contribution in [-0.2, 0) is 7.05 Å². The molecule has 0 aliphatic heterocycles. The highest BCUT2D eigenvalue weighted by Gasteiger charge is 2.16. The minimum Gasteiger partial charge on any atom is -0.494 e. The topological polar surface area (TPSA) is 55.7 Å². The lowest BCUT2D eigenvalue weighted by Gasteiger charge is -2.03. The number of aryl methyl sites for hydroxylation is 2. The first-order chi connectivity index (χ1) is 10.6. The number of hydrogen-bond acceptors (Lipinski definition) is 3. The number of hydrogen-bond donors (Lipinski definition) is 1. The van der Waals surface area contributed by atoms with E-state index in [1.54, 1.807) is 10.9 Å². The second-order valence-corrected chi connectivity index (χ2v) is 5.34. The smallest absolute Gasteiger partial charge is 0.142 e. The molecule has 0 amide bonds. The van der Waals surface area contributed by atoms with Gasteiger partial charge in [-0.1, -0.05) is 11.6 Å². The normalized spacial score (nSPS) is 10.9. The van der Waals surface area contributed by atoms with Crippen LogP contribution in [0.1, 0.15) is 12.6 Å². The lowest BCUT2D eigenvalue weighted by molar-refractivity contribution is 0.340. The maximum atomic E-state index is 6.28. The zero-order chi connectivity index (χ0) is 15.7. The number of benzene rings is 1. The predicted molar refractivity (Wildman–Crippen MR) is 87.1 cm³/mol.